The summed E-state index contributed by atoms with van der Waals surface area (Å²) in [7, 11) is 0. The molecular formula is C15H13BrN2. The van der Waals surface area contributed by atoms with Gasteiger partial charge in [-0.1, -0.05) is 35.0 Å². The Morgan fingerprint density at radius 3 is 2.78 bits per heavy atom. The van der Waals surface area contributed by atoms with Gasteiger partial charge < -0.3 is 5.32 Å². The van der Waals surface area contributed by atoms with Crippen LogP contribution in [-0.2, 0) is 6.42 Å². The van der Waals surface area contributed by atoms with E-state index in [2.05, 4.69) is 46.4 Å². The third-order valence-electron chi connectivity index (χ3n) is 2.72. The van der Waals surface area contributed by atoms with Gasteiger partial charge in [-0.3, -0.25) is 0 Å². The molecule has 0 atom stereocenters. The third-order valence-corrected chi connectivity index (χ3v) is 3.21. The molecule has 2 rings (SSSR count). The maximum atomic E-state index is 9.08. The zero-order valence-electron chi connectivity index (χ0n) is 10.1. The van der Waals surface area contributed by atoms with Crippen LogP contribution in [-0.4, -0.2) is 0 Å². The highest BCUT2D eigenvalue weighted by molar-refractivity contribution is 9.10. The van der Waals surface area contributed by atoms with Gasteiger partial charge >= 0.3 is 0 Å². The quantitative estimate of drug-likeness (QED) is 0.897. The zero-order valence-corrected chi connectivity index (χ0v) is 11.7. The summed E-state index contributed by atoms with van der Waals surface area (Å²) in [6.45, 7) is 2.12. The van der Waals surface area contributed by atoms with Crippen molar-refractivity contribution in [3.05, 3.63) is 58.1 Å². The summed E-state index contributed by atoms with van der Waals surface area (Å²) in [6.07, 6.45) is 0.999. The van der Waals surface area contributed by atoms with Gasteiger partial charge in [-0.05, 0) is 42.3 Å². The molecular weight excluding hydrogens is 288 g/mol. The fourth-order valence-electron chi connectivity index (χ4n) is 1.74. The number of rotatable bonds is 3. The Bertz CT molecular complexity index is 600. The van der Waals surface area contributed by atoms with E-state index in [1.807, 2.05) is 24.3 Å². The van der Waals surface area contributed by atoms with Gasteiger partial charge in [-0.15, -0.1) is 0 Å². The van der Waals surface area contributed by atoms with E-state index >= 15 is 0 Å². The molecule has 2 aromatic rings. The molecule has 0 unspecified atom stereocenters. The van der Waals surface area contributed by atoms with Crippen LogP contribution in [0.1, 0.15) is 18.1 Å². The van der Waals surface area contributed by atoms with Crippen LogP contribution in [0.4, 0.5) is 11.4 Å². The molecule has 0 aliphatic rings. The first-order valence-corrected chi connectivity index (χ1v) is 6.58. The molecule has 0 aliphatic carbocycles. The summed E-state index contributed by atoms with van der Waals surface area (Å²) in [5.74, 6) is 0. The summed E-state index contributed by atoms with van der Waals surface area (Å²) in [5, 5.41) is 12.4. The molecule has 3 heteroatoms. The van der Waals surface area contributed by atoms with E-state index in [1.54, 1.807) is 6.07 Å². The fraction of sp³-hybridized carbons (Fsp3) is 0.133. The molecule has 1 N–H and O–H groups in total. The van der Waals surface area contributed by atoms with Crippen molar-refractivity contribution in [2.45, 2.75) is 13.3 Å². The van der Waals surface area contributed by atoms with Gasteiger partial charge in [0.05, 0.1) is 11.3 Å². The Hall–Kier alpha value is -1.79. The van der Waals surface area contributed by atoms with Crippen LogP contribution in [0, 0.1) is 11.3 Å². The van der Waals surface area contributed by atoms with Gasteiger partial charge in [0.2, 0.25) is 0 Å². The first-order valence-electron chi connectivity index (χ1n) is 5.78. The normalized spacial score (nSPS) is 9.83. The maximum Gasteiger partial charge on any atom is 0.101 e. The zero-order chi connectivity index (χ0) is 13.0. The smallest absolute Gasteiger partial charge is 0.101 e. The summed E-state index contributed by atoms with van der Waals surface area (Å²) < 4.78 is 0.954. The highest BCUT2D eigenvalue weighted by Crippen LogP contribution is 2.25. The molecule has 0 saturated carbocycles. The van der Waals surface area contributed by atoms with Crippen LogP contribution in [0.2, 0.25) is 0 Å². The number of nitrogens with one attached hydrogen (secondary N) is 1. The number of benzene rings is 2. The van der Waals surface area contributed by atoms with E-state index < -0.39 is 0 Å². The topological polar surface area (TPSA) is 35.8 Å². The molecule has 0 bridgehead atoms. The number of hydrogen-bond acceptors (Lipinski definition) is 2. The number of nitriles is 1. The van der Waals surface area contributed by atoms with Crippen molar-refractivity contribution in [1.29, 1.82) is 5.26 Å². The molecule has 0 amide bonds. The highest BCUT2D eigenvalue weighted by Gasteiger charge is 2.03. The number of hydrogen-bond donors (Lipinski definition) is 1. The van der Waals surface area contributed by atoms with E-state index in [9.17, 15) is 0 Å². The minimum Gasteiger partial charge on any atom is -0.354 e. The summed E-state index contributed by atoms with van der Waals surface area (Å²) in [4.78, 5) is 0. The predicted molar refractivity (Wildman–Crippen MR) is 78.0 cm³/mol. The van der Waals surface area contributed by atoms with Gasteiger partial charge in [0.15, 0.2) is 0 Å². The lowest BCUT2D eigenvalue weighted by molar-refractivity contribution is 1.14. The molecule has 0 radical (unpaired) electrons. The summed E-state index contributed by atoms with van der Waals surface area (Å²) in [5.41, 5.74) is 3.73. The Morgan fingerprint density at radius 2 is 2.06 bits per heavy atom. The average Bonchev–Trinajstić information content (AvgIpc) is 2.39. The lowest BCUT2D eigenvalue weighted by atomic mass is 10.1. The van der Waals surface area contributed by atoms with Gasteiger partial charge in [-0.2, -0.15) is 5.26 Å². The van der Waals surface area contributed by atoms with Crippen molar-refractivity contribution in [1.82, 2.24) is 0 Å². The second-order valence-corrected chi connectivity index (χ2v) is 4.90. The largest absolute Gasteiger partial charge is 0.354 e. The monoisotopic (exact) mass is 300 g/mol. The molecule has 2 nitrogen and oxygen atoms in total. The standard InChI is InChI=1S/C15H13BrN2/c1-2-11-4-3-5-14(8-11)18-15-9-13(16)7-6-12(15)10-17/h3-9,18H,2H2,1H3. The molecule has 0 saturated heterocycles. The Labute approximate surface area is 115 Å². The van der Waals surface area contributed by atoms with Gasteiger partial charge in [0.25, 0.3) is 0 Å². The van der Waals surface area contributed by atoms with E-state index in [1.165, 1.54) is 5.56 Å². The van der Waals surface area contributed by atoms with Crippen molar-refractivity contribution in [2.24, 2.45) is 0 Å². The Morgan fingerprint density at radius 1 is 1.22 bits per heavy atom. The molecule has 0 fully saturated rings. The lowest BCUT2D eigenvalue weighted by Crippen LogP contribution is -1.94. The van der Waals surface area contributed by atoms with E-state index in [0.717, 1.165) is 22.3 Å². The van der Waals surface area contributed by atoms with Crippen molar-refractivity contribution in [3.63, 3.8) is 0 Å². The number of nitrogens with zero attached hydrogens (tertiary/aromatic N) is 1. The minimum atomic E-state index is 0.639. The second-order valence-electron chi connectivity index (χ2n) is 3.98. The van der Waals surface area contributed by atoms with Crippen LogP contribution in [0.5, 0.6) is 0 Å². The van der Waals surface area contributed by atoms with Crippen molar-refractivity contribution >= 4 is 27.3 Å². The minimum absolute atomic E-state index is 0.639. The molecule has 90 valence electrons. The Kier molecular flexibility index (Phi) is 4.01. The molecule has 0 aromatic heterocycles. The van der Waals surface area contributed by atoms with E-state index in [4.69, 9.17) is 5.26 Å². The van der Waals surface area contributed by atoms with Crippen molar-refractivity contribution < 1.29 is 0 Å². The van der Waals surface area contributed by atoms with Gasteiger partial charge in [-0.25, -0.2) is 0 Å². The number of halogens is 1. The van der Waals surface area contributed by atoms with Crippen LogP contribution < -0.4 is 5.32 Å². The average molecular weight is 301 g/mol. The van der Waals surface area contributed by atoms with Crippen LogP contribution in [0.25, 0.3) is 0 Å². The maximum absolute atomic E-state index is 9.08. The molecule has 18 heavy (non-hydrogen) atoms. The van der Waals surface area contributed by atoms with Gasteiger partial charge in [0.1, 0.15) is 6.07 Å². The van der Waals surface area contributed by atoms with Crippen LogP contribution >= 0.6 is 15.9 Å². The molecule has 0 aliphatic heterocycles. The Balaban J connectivity index is 2.33. The first-order chi connectivity index (χ1) is 8.72. The number of anilines is 2. The predicted octanol–water partition coefficient (Wildman–Crippen LogP) is 4.63. The van der Waals surface area contributed by atoms with Crippen LogP contribution in [0.15, 0.2) is 46.9 Å². The summed E-state index contributed by atoms with van der Waals surface area (Å²) in [6, 6.07) is 16.0. The van der Waals surface area contributed by atoms with E-state index in [0.29, 0.717) is 5.56 Å². The summed E-state index contributed by atoms with van der Waals surface area (Å²) >= 11 is 3.42. The molecule has 0 spiro atoms. The number of aryl methyl sites for hydroxylation is 1. The third kappa shape index (κ3) is 2.91. The van der Waals surface area contributed by atoms with Crippen molar-refractivity contribution in [2.75, 3.05) is 5.32 Å². The second kappa shape index (κ2) is 5.70. The molecule has 0 heterocycles. The SMILES string of the molecule is CCc1cccc(Nc2cc(Br)ccc2C#N)c1. The van der Waals surface area contributed by atoms with Crippen LogP contribution in [0.3, 0.4) is 0 Å². The van der Waals surface area contributed by atoms with Crippen molar-refractivity contribution in [3.8, 4) is 6.07 Å². The van der Waals surface area contributed by atoms with Gasteiger partial charge in [0, 0.05) is 10.2 Å². The lowest BCUT2D eigenvalue weighted by Gasteiger charge is -2.09. The van der Waals surface area contributed by atoms with E-state index in [-0.39, 0.29) is 0 Å². The first kappa shape index (κ1) is 12.7. The molecule has 2 aromatic carbocycles. The highest BCUT2D eigenvalue weighted by atomic mass is 79.9. The fourth-order valence-corrected chi connectivity index (χ4v) is 2.10.